The summed E-state index contributed by atoms with van der Waals surface area (Å²) in [5, 5.41) is 16.7. The van der Waals surface area contributed by atoms with E-state index < -0.39 is 44.2 Å². The quantitative estimate of drug-likeness (QED) is 0.214. The number of carbonyl (C=O) groups excluding carboxylic acids is 1. The number of rotatable bonds is 6. The van der Waals surface area contributed by atoms with Gasteiger partial charge in [-0.25, -0.2) is 4.79 Å². The Morgan fingerprint density at radius 3 is 1.94 bits per heavy atom. The minimum absolute atomic E-state index is 0. The zero-order valence-corrected chi connectivity index (χ0v) is 11.7. The molecule has 0 heterocycles. The fraction of sp³-hybridized carbons (Fsp3) is 0.500. The van der Waals surface area contributed by atoms with Gasteiger partial charge in [-0.05, 0) is 0 Å². The van der Waals surface area contributed by atoms with Gasteiger partial charge in [0.25, 0.3) is 0 Å². The monoisotopic (exact) mass is 279 g/mol. The molecular formula is C6H9NaO9P+. The molecule has 0 bridgehead atoms. The van der Waals surface area contributed by atoms with Crippen molar-refractivity contribution in [3.63, 3.8) is 0 Å². The second-order valence-electron chi connectivity index (χ2n) is 2.74. The van der Waals surface area contributed by atoms with E-state index in [1.165, 1.54) is 0 Å². The first-order valence-corrected chi connectivity index (χ1v) is 5.60. The van der Waals surface area contributed by atoms with Crippen molar-refractivity contribution in [2.75, 3.05) is 6.16 Å². The van der Waals surface area contributed by atoms with Crippen LogP contribution in [0.25, 0.3) is 0 Å². The van der Waals surface area contributed by atoms with Gasteiger partial charge in [-0.1, -0.05) is 0 Å². The third-order valence-electron chi connectivity index (χ3n) is 1.24. The normalized spacial score (nSPS) is 12.1. The predicted octanol–water partition coefficient (Wildman–Crippen LogP) is -4.36. The number of hydrogen-bond donors (Lipinski definition) is 4. The fourth-order valence-corrected chi connectivity index (χ4v) is 1.11. The average Bonchev–Trinajstić information content (AvgIpc) is 1.97. The number of carboxylic acid groups (broad SMARTS) is 2. The van der Waals surface area contributed by atoms with E-state index in [1.54, 1.807) is 0 Å². The smallest absolute Gasteiger partial charge is 0.481 e. The van der Waals surface area contributed by atoms with Gasteiger partial charge in [-0.3, -0.25) is 14.2 Å². The molecule has 0 aromatic carbocycles. The largest absolute Gasteiger partial charge is 1.00 e. The molecule has 0 saturated heterocycles. The predicted molar refractivity (Wildman–Crippen MR) is 46.7 cm³/mol. The van der Waals surface area contributed by atoms with Crippen molar-refractivity contribution in [3.8, 4) is 0 Å². The maximum atomic E-state index is 10.8. The molecule has 11 heteroatoms. The Bertz CT molecular complexity index is 347. The molecule has 0 rings (SSSR count). The van der Waals surface area contributed by atoms with Gasteiger partial charge in [0.15, 0.2) is 0 Å². The second kappa shape index (κ2) is 7.80. The van der Waals surface area contributed by atoms with Crippen LogP contribution in [0.4, 0.5) is 0 Å². The van der Waals surface area contributed by atoms with E-state index >= 15 is 0 Å². The summed E-state index contributed by atoms with van der Waals surface area (Å²) in [6.45, 7) is 0. The maximum Gasteiger partial charge on any atom is 1.00 e. The molecule has 0 fully saturated rings. The second-order valence-corrected chi connectivity index (χ2v) is 4.38. The van der Waals surface area contributed by atoms with E-state index in [0.717, 1.165) is 0 Å². The van der Waals surface area contributed by atoms with Crippen LogP contribution in [0.2, 0.25) is 0 Å². The van der Waals surface area contributed by atoms with Crippen molar-refractivity contribution in [2.45, 2.75) is 12.5 Å². The molecule has 0 radical (unpaired) electrons. The Hall–Kier alpha value is -0.440. The van der Waals surface area contributed by atoms with Crippen LogP contribution < -0.4 is 29.6 Å². The molecule has 0 aliphatic heterocycles. The van der Waals surface area contributed by atoms with Crippen molar-refractivity contribution in [1.29, 1.82) is 0 Å². The summed E-state index contributed by atoms with van der Waals surface area (Å²) >= 11 is 0. The van der Waals surface area contributed by atoms with Crippen LogP contribution in [0.3, 0.4) is 0 Å². The van der Waals surface area contributed by atoms with Gasteiger partial charge in [0, 0.05) is 0 Å². The molecule has 0 aliphatic rings. The van der Waals surface area contributed by atoms with Crippen molar-refractivity contribution >= 4 is 25.5 Å². The Morgan fingerprint density at radius 2 is 1.65 bits per heavy atom. The van der Waals surface area contributed by atoms with E-state index in [1.807, 2.05) is 0 Å². The average molecular weight is 279 g/mol. The van der Waals surface area contributed by atoms with E-state index in [-0.39, 0.29) is 29.6 Å². The molecule has 0 spiro atoms. The first kappa shape index (κ1) is 18.9. The number of hydrogen-bond acceptors (Lipinski definition) is 5. The molecule has 0 saturated carbocycles. The summed E-state index contributed by atoms with van der Waals surface area (Å²) in [4.78, 5) is 48.1. The maximum absolute atomic E-state index is 10.8. The molecule has 4 N–H and O–H groups in total. The number of ether oxygens (including phenoxy) is 1. The van der Waals surface area contributed by atoms with Gasteiger partial charge in [0.1, 0.15) is 6.16 Å². The van der Waals surface area contributed by atoms with Crippen LogP contribution in [0.15, 0.2) is 0 Å². The van der Waals surface area contributed by atoms with Crippen LogP contribution in [0.1, 0.15) is 6.42 Å². The Labute approximate surface area is 117 Å². The molecule has 1 atom stereocenters. The standard InChI is InChI=1S/C6H9O9P.Na/c7-4(8)1-3(6(10)11)15-5(9)2-16(12,13)14;/h3H,1-2H2,(H,7,8)(H,10,11)(H2,12,13,14);/q;+1. The molecule has 0 aliphatic carbocycles. The number of aliphatic carboxylic acids is 2. The summed E-state index contributed by atoms with van der Waals surface area (Å²) in [5.41, 5.74) is 0. The van der Waals surface area contributed by atoms with E-state index in [4.69, 9.17) is 20.0 Å². The molecule has 92 valence electrons. The zero-order chi connectivity index (χ0) is 12.9. The Morgan fingerprint density at radius 1 is 1.18 bits per heavy atom. The summed E-state index contributed by atoms with van der Waals surface area (Å²) in [7, 11) is -4.66. The molecular weight excluding hydrogens is 270 g/mol. The topological polar surface area (TPSA) is 158 Å². The summed E-state index contributed by atoms with van der Waals surface area (Å²) in [6.07, 6.45) is -4.24. The van der Waals surface area contributed by atoms with E-state index in [0.29, 0.717) is 0 Å². The van der Waals surface area contributed by atoms with Crippen LogP contribution in [0, 0.1) is 0 Å². The van der Waals surface area contributed by atoms with Gasteiger partial charge in [0.05, 0.1) is 6.42 Å². The van der Waals surface area contributed by atoms with Crippen LogP contribution in [-0.2, 0) is 23.7 Å². The van der Waals surface area contributed by atoms with Crippen molar-refractivity contribution < 1.29 is 73.2 Å². The van der Waals surface area contributed by atoms with E-state index in [2.05, 4.69) is 4.74 Å². The van der Waals surface area contributed by atoms with Gasteiger partial charge in [-0.15, -0.1) is 0 Å². The Kier molecular flexibility index (Phi) is 8.68. The van der Waals surface area contributed by atoms with Crippen molar-refractivity contribution in [3.05, 3.63) is 0 Å². The first-order chi connectivity index (χ1) is 7.11. The van der Waals surface area contributed by atoms with Crippen LogP contribution in [0.5, 0.6) is 0 Å². The van der Waals surface area contributed by atoms with Crippen molar-refractivity contribution in [1.82, 2.24) is 0 Å². The van der Waals surface area contributed by atoms with Crippen LogP contribution >= 0.6 is 7.60 Å². The van der Waals surface area contributed by atoms with Gasteiger partial charge in [0.2, 0.25) is 6.10 Å². The molecule has 0 aromatic rings. The number of carbonyl (C=O) groups is 3. The Balaban J connectivity index is 0. The molecule has 0 aromatic heterocycles. The third kappa shape index (κ3) is 10.4. The van der Waals surface area contributed by atoms with Gasteiger partial charge in [-0.2, -0.15) is 0 Å². The minimum Gasteiger partial charge on any atom is -0.481 e. The number of carboxylic acids is 2. The van der Waals surface area contributed by atoms with Gasteiger partial charge >= 0.3 is 55.1 Å². The fourth-order valence-electron chi connectivity index (χ4n) is 0.702. The minimum atomic E-state index is -4.66. The number of esters is 1. The van der Waals surface area contributed by atoms with Crippen molar-refractivity contribution in [2.24, 2.45) is 0 Å². The summed E-state index contributed by atoms with van der Waals surface area (Å²) in [6, 6.07) is 0. The summed E-state index contributed by atoms with van der Waals surface area (Å²) < 4.78 is 14.4. The molecule has 9 nitrogen and oxygen atoms in total. The van der Waals surface area contributed by atoms with Crippen LogP contribution in [-0.4, -0.2) is 50.2 Å². The zero-order valence-electron chi connectivity index (χ0n) is 8.77. The molecule has 1 unspecified atom stereocenters. The summed E-state index contributed by atoms with van der Waals surface area (Å²) in [5.74, 6) is -4.69. The third-order valence-corrected chi connectivity index (χ3v) is 1.91. The molecule has 0 amide bonds. The first-order valence-electron chi connectivity index (χ1n) is 3.80. The molecule has 17 heavy (non-hydrogen) atoms. The van der Waals surface area contributed by atoms with Gasteiger partial charge < -0.3 is 24.7 Å². The SMILES string of the molecule is O=C(O)CC(OC(=O)CP(=O)(O)O)C(=O)O.[Na+]. The van der Waals surface area contributed by atoms with E-state index in [9.17, 15) is 18.9 Å².